The molecule has 18 heavy (non-hydrogen) atoms. The zero-order valence-corrected chi connectivity index (χ0v) is 10.8. The van der Waals surface area contributed by atoms with Gasteiger partial charge in [-0.05, 0) is 36.6 Å². The molecular weight excluding hydrogens is 244 g/mol. The summed E-state index contributed by atoms with van der Waals surface area (Å²) in [5.74, 6) is 6.49. The van der Waals surface area contributed by atoms with E-state index in [1.807, 2.05) is 35.7 Å². The van der Waals surface area contributed by atoms with Gasteiger partial charge in [-0.25, -0.2) is 5.43 Å². The topological polar surface area (TPSA) is 51.2 Å². The van der Waals surface area contributed by atoms with Gasteiger partial charge < -0.3 is 4.42 Å². The minimum atomic E-state index is -0.0855. The van der Waals surface area contributed by atoms with Crippen molar-refractivity contribution >= 4 is 22.3 Å². The molecular formula is C14H14N2OS. The van der Waals surface area contributed by atoms with Crippen LogP contribution in [0.1, 0.15) is 22.2 Å². The number of aryl methyl sites for hydroxylation is 1. The molecule has 1 aromatic carbocycles. The molecule has 0 bridgehead atoms. The van der Waals surface area contributed by atoms with Crippen LogP contribution in [0.25, 0.3) is 11.0 Å². The Hall–Kier alpha value is -1.62. The van der Waals surface area contributed by atoms with E-state index in [4.69, 9.17) is 10.3 Å². The van der Waals surface area contributed by atoms with Crippen LogP contribution in [0, 0.1) is 6.92 Å². The highest BCUT2D eigenvalue weighted by Crippen LogP contribution is 2.30. The van der Waals surface area contributed by atoms with Gasteiger partial charge in [0.05, 0.1) is 0 Å². The molecule has 2 aromatic heterocycles. The highest BCUT2D eigenvalue weighted by Gasteiger charge is 2.17. The van der Waals surface area contributed by atoms with E-state index in [0.29, 0.717) is 0 Å². The molecule has 3 rings (SSSR count). The van der Waals surface area contributed by atoms with Crippen molar-refractivity contribution in [2.45, 2.75) is 13.0 Å². The zero-order valence-electron chi connectivity index (χ0n) is 10.0. The first-order valence-corrected chi connectivity index (χ1v) is 6.65. The lowest BCUT2D eigenvalue weighted by atomic mass is 10.1. The molecule has 3 aromatic rings. The van der Waals surface area contributed by atoms with E-state index in [9.17, 15) is 0 Å². The SMILES string of the molecule is Cc1ccc2oc(C(NN)c3cccs3)cc2c1. The Balaban J connectivity index is 2.07. The molecule has 4 heteroatoms. The molecule has 0 spiro atoms. The third-order valence-corrected chi connectivity index (χ3v) is 3.91. The van der Waals surface area contributed by atoms with Crippen molar-refractivity contribution in [2.24, 2.45) is 5.84 Å². The van der Waals surface area contributed by atoms with Crippen LogP contribution in [0.2, 0.25) is 0 Å². The molecule has 0 fully saturated rings. The summed E-state index contributed by atoms with van der Waals surface area (Å²) in [7, 11) is 0. The summed E-state index contributed by atoms with van der Waals surface area (Å²) >= 11 is 1.66. The van der Waals surface area contributed by atoms with Crippen LogP contribution < -0.4 is 11.3 Å². The smallest absolute Gasteiger partial charge is 0.134 e. The molecule has 92 valence electrons. The van der Waals surface area contributed by atoms with Crippen molar-refractivity contribution < 1.29 is 4.42 Å². The van der Waals surface area contributed by atoms with Gasteiger partial charge in [0.25, 0.3) is 0 Å². The molecule has 0 saturated carbocycles. The van der Waals surface area contributed by atoms with Crippen molar-refractivity contribution in [2.75, 3.05) is 0 Å². The second-order valence-electron chi connectivity index (χ2n) is 4.31. The molecule has 0 saturated heterocycles. The Bertz CT molecular complexity index is 658. The number of nitrogens with two attached hydrogens (primary N) is 1. The van der Waals surface area contributed by atoms with Gasteiger partial charge in [-0.15, -0.1) is 11.3 Å². The molecule has 3 nitrogen and oxygen atoms in total. The largest absolute Gasteiger partial charge is 0.459 e. The molecule has 0 amide bonds. The summed E-state index contributed by atoms with van der Waals surface area (Å²) in [5.41, 5.74) is 4.93. The van der Waals surface area contributed by atoms with Gasteiger partial charge in [0, 0.05) is 10.3 Å². The minimum absolute atomic E-state index is 0.0855. The van der Waals surface area contributed by atoms with Gasteiger partial charge in [0.2, 0.25) is 0 Å². The first kappa shape index (κ1) is 11.5. The standard InChI is InChI=1S/C14H14N2OS/c1-9-4-5-11-10(7-9)8-12(17-11)14(16-15)13-3-2-6-18-13/h2-8,14,16H,15H2,1H3. The molecule has 2 heterocycles. The summed E-state index contributed by atoms with van der Waals surface area (Å²) in [6.45, 7) is 2.07. The van der Waals surface area contributed by atoms with Gasteiger partial charge in [0.1, 0.15) is 17.4 Å². The van der Waals surface area contributed by atoms with E-state index in [1.54, 1.807) is 11.3 Å². The predicted molar refractivity (Wildman–Crippen MR) is 74.4 cm³/mol. The summed E-state index contributed by atoms with van der Waals surface area (Å²) in [5, 5.41) is 3.15. The van der Waals surface area contributed by atoms with Crippen LogP contribution in [0.4, 0.5) is 0 Å². The first-order valence-electron chi connectivity index (χ1n) is 5.77. The highest BCUT2D eigenvalue weighted by atomic mass is 32.1. The number of furan rings is 1. The van der Waals surface area contributed by atoms with Gasteiger partial charge in [-0.3, -0.25) is 5.84 Å². The zero-order chi connectivity index (χ0) is 12.5. The van der Waals surface area contributed by atoms with Crippen molar-refractivity contribution in [1.29, 1.82) is 0 Å². The monoisotopic (exact) mass is 258 g/mol. The van der Waals surface area contributed by atoms with E-state index >= 15 is 0 Å². The van der Waals surface area contributed by atoms with Crippen molar-refractivity contribution in [3.63, 3.8) is 0 Å². The maximum absolute atomic E-state index is 5.86. The first-order chi connectivity index (χ1) is 8.78. The fourth-order valence-electron chi connectivity index (χ4n) is 2.09. The van der Waals surface area contributed by atoms with E-state index in [0.717, 1.165) is 21.6 Å². The third-order valence-electron chi connectivity index (χ3n) is 2.97. The Morgan fingerprint density at radius 3 is 2.89 bits per heavy atom. The number of hydrazine groups is 1. The van der Waals surface area contributed by atoms with Crippen LogP contribution in [0.5, 0.6) is 0 Å². The molecule has 0 aliphatic carbocycles. The van der Waals surface area contributed by atoms with Crippen LogP contribution in [0.3, 0.4) is 0 Å². The number of hydrogen-bond acceptors (Lipinski definition) is 4. The van der Waals surface area contributed by atoms with Gasteiger partial charge in [0.15, 0.2) is 0 Å². The maximum Gasteiger partial charge on any atom is 0.134 e. The highest BCUT2D eigenvalue weighted by molar-refractivity contribution is 7.10. The van der Waals surface area contributed by atoms with E-state index in [1.165, 1.54) is 5.56 Å². The number of fused-ring (bicyclic) bond motifs is 1. The number of benzene rings is 1. The summed E-state index contributed by atoms with van der Waals surface area (Å²) in [6.07, 6.45) is 0. The summed E-state index contributed by atoms with van der Waals surface area (Å²) in [6, 6.07) is 12.2. The van der Waals surface area contributed by atoms with Crippen molar-refractivity contribution in [3.8, 4) is 0 Å². The maximum atomic E-state index is 5.86. The molecule has 3 N–H and O–H groups in total. The number of rotatable bonds is 3. The second-order valence-corrected chi connectivity index (χ2v) is 5.28. The Morgan fingerprint density at radius 2 is 2.17 bits per heavy atom. The molecule has 1 atom stereocenters. The summed E-state index contributed by atoms with van der Waals surface area (Å²) < 4.78 is 5.86. The Morgan fingerprint density at radius 1 is 1.28 bits per heavy atom. The molecule has 0 aliphatic heterocycles. The average molecular weight is 258 g/mol. The van der Waals surface area contributed by atoms with E-state index in [-0.39, 0.29) is 6.04 Å². The van der Waals surface area contributed by atoms with Gasteiger partial charge in [-0.2, -0.15) is 0 Å². The predicted octanol–water partition coefficient (Wildman–Crippen LogP) is 3.36. The minimum Gasteiger partial charge on any atom is -0.459 e. The van der Waals surface area contributed by atoms with Crippen molar-refractivity contribution in [3.05, 3.63) is 58.0 Å². The molecule has 0 aliphatic rings. The van der Waals surface area contributed by atoms with Crippen LogP contribution in [0.15, 0.2) is 46.2 Å². The van der Waals surface area contributed by atoms with Gasteiger partial charge in [-0.1, -0.05) is 17.7 Å². The number of thiophene rings is 1. The number of hydrogen-bond donors (Lipinski definition) is 2. The van der Waals surface area contributed by atoms with Crippen LogP contribution in [-0.4, -0.2) is 0 Å². The van der Waals surface area contributed by atoms with Gasteiger partial charge >= 0.3 is 0 Å². The normalized spacial score (nSPS) is 13.0. The fraction of sp³-hybridized carbons (Fsp3) is 0.143. The van der Waals surface area contributed by atoms with Crippen LogP contribution >= 0.6 is 11.3 Å². The summed E-state index contributed by atoms with van der Waals surface area (Å²) in [4.78, 5) is 1.15. The Kier molecular flexibility index (Phi) is 2.91. The average Bonchev–Trinajstić information content (AvgIpc) is 2.98. The second kappa shape index (κ2) is 4.57. The quantitative estimate of drug-likeness (QED) is 0.559. The lowest BCUT2D eigenvalue weighted by Crippen LogP contribution is -2.27. The van der Waals surface area contributed by atoms with Crippen LogP contribution in [-0.2, 0) is 0 Å². The number of nitrogens with one attached hydrogen (secondary N) is 1. The van der Waals surface area contributed by atoms with E-state index in [2.05, 4.69) is 18.4 Å². The van der Waals surface area contributed by atoms with Crippen molar-refractivity contribution in [1.82, 2.24) is 5.43 Å². The Labute approximate surface area is 109 Å². The fourth-order valence-corrected chi connectivity index (χ4v) is 2.88. The molecule has 1 unspecified atom stereocenters. The third kappa shape index (κ3) is 1.95. The molecule has 0 radical (unpaired) electrons. The lowest BCUT2D eigenvalue weighted by molar-refractivity contribution is 0.481. The van der Waals surface area contributed by atoms with E-state index < -0.39 is 0 Å². The lowest BCUT2D eigenvalue weighted by Gasteiger charge is -2.10.